The largest absolute Gasteiger partial charge is 0.445 e. The van der Waals surface area contributed by atoms with Crippen LogP contribution in [0.3, 0.4) is 0 Å². The van der Waals surface area contributed by atoms with Gasteiger partial charge in [0.25, 0.3) is 0 Å². The Morgan fingerprint density at radius 1 is 0.970 bits per heavy atom. The Bertz CT molecular complexity index is 888. The van der Waals surface area contributed by atoms with Crippen molar-refractivity contribution in [3.05, 3.63) is 71.8 Å². The Morgan fingerprint density at radius 3 is 2.12 bits per heavy atom. The summed E-state index contributed by atoms with van der Waals surface area (Å²) in [5.41, 5.74) is 1.96. The molecule has 1 saturated heterocycles. The molecule has 0 aliphatic carbocycles. The third kappa shape index (κ3) is 7.95. The van der Waals surface area contributed by atoms with E-state index in [9.17, 15) is 9.36 Å². The lowest BCUT2D eigenvalue weighted by atomic mass is 10.0. The monoisotopic (exact) mass is 476 g/mol. The van der Waals surface area contributed by atoms with Crippen molar-refractivity contribution in [3.63, 3.8) is 0 Å². The number of benzene rings is 2. The summed E-state index contributed by atoms with van der Waals surface area (Å²) in [6.07, 6.45) is -0.143. The summed E-state index contributed by atoms with van der Waals surface area (Å²) in [5.74, 6) is 0. The van der Waals surface area contributed by atoms with Crippen molar-refractivity contribution in [2.75, 3.05) is 26.3 Å². The van der Waals surface area contributed by atoms with Crippen molar-refractivity contribution < 1.29 is 27.9 Å². The minimum absolute atomic E-state index is 0.193. The molecular formula is C24H33N2O6P. The molecule has 1 aliphatic heterocycles. The molecule has 0 bridgehead atoms. The van der Waals surface area contributed by atoms with Gasteiger partial charge >= 0.3 is 13.8 Å². The lowest BCUT2D eigenvalue weighted by molar-refractivity contribution is -0.0226. The van der Waals surface area contributed by atoms with E-state index in [1.54, 1.807) is 18.7 Å². The summed E-state index contributed by atoms with van der Waals surface area (Å²) in [6, 6.07) is 18.9. The third-order valence-electron chi connectivity index (χ3n) is 5.24. The third-order valence-corrected chi connectivity index (χ3v) is 7.09. The Labute approximate surface area is 195 Å². The number of carbonyl (C=O) groups is 1. The molecule has 8 nitrogen and oxygen atoms in total. The van der Waals surface area contributed by atoms with Crippen LogP contribution in [-0.4, -0.2) is 49.4 Å². The highest BCUT2D eigenvalue weighted by Crippen LogP contribution is 2.44. The van der Waals surface area contributed by atoms with Gasteiger partial charge in [-0.05, 0) is 31.4 Å². The minimum Gasteiger partial charge on any atom is -0.445 e. The molecule has 0 aromatic heterocycles. The van der Waals surface area contributed by atoms with Gasteiger partial charge in [-0.2, -0.15) is 0 Å². The highest BCUT2D eigenvalue weighted by Gasteiger charge is 2.38. The second kappa shape index (κ2) is 12.9. The number of rotatable bonds is 11. The number of hydrogen-bond donors (Lipinski definition) is 1. The average molecular weight is 477 g/mol. The Hall–Kier alpha value is -2.22. The lowest BCUT2D eigenvalue weighted by Gasteiger charge is -2.39. The highest BCUT2D eigenvalue weighted by atomic mass is 31.2. The van der Waals surface area contributed by atoms with Crippen molar-refractivity contribution >= 4 is 13.8 Å². The first-order valence-corrected chi connectivity index (χ1v) is 12.8. The molecule has 1 fully saturated rings. The Kier molecular flexibility index (Phi) is 9.91. The van der Waals surface area contributed by atoms with Crippen molar-refractivity contribution in [2.24, 2.45) is 0 Å². The second-order valence-electron chi connectivity index (χ2n) is 7.68. The number of nitrogens with one attached hydrogen (secondary N) is 1. The summed E-state index contributed by atoms with van der Waals surface area (Å²) < 4.78 is 35.6. The SMILES string of the molecule is CCOP(=O)(N[C@@H]1CN(C(=O)OCc2ccccc2)CC[C@H]1OCc1ccccc1)OCC. The van der Waals surface area contributed by atoms with Gasteiger partial charge in [0.15, 0.2) is 0 Å². The molecule has 2 atom stereocenters. The summed E-state index contributed by atoms with van der Waals surface area (Å²) in [4.78, 5) is 14.3. The number of ether oxygens (including phenoxy) is 2. The van der Waals surface area contributed by atoms with Crippen LogP contribution in [0.15, 0.2) is 60.7 Å². The van der Waals surface area contributed by atoms with Gasteiger partial charge in [-0.25, -0.2) is 14.4 Å². The summed E-state index contributed by atoms with van der Waals surface area (Å²) in [5, 5.41) is 3.02. The smallest absolute Gasteiger partial charge is 0.410 e. The zero-order valence-corrected chi connectivity index (χ0v) is 20.1. The quantitative estimate of drug-likeness (QED) is 0.468. The second-order valence-corrected chi connectivity index (χ2v) is 9.45. The van der Waals surface area contributed by atoms with E-state index < -0.39 is 19.9 Å². The van der Waals surface area contributed by atoms with Crippen LogP contribution in [0.4, 0.5) is 4.79 Å². The van der Waals surface area contributed by atoms with Crippen molar-refractivity contribution in [3.8, 4) is 0 Å². The van der Waals surface area contributed by atoms with Crippen molar-refractivity contribution in [2.45, 2.75) is 45.6 Å². The van der Waals surface area contributed by atoms with E-state index in [0.717, 1.165) is 11.1 Å². The number of amides is 1. The average Bonchev–Trinajstić information content (AvgIpc) is 2.83. The molecule has 3 rings (SSSR count). The molecule has 1 heterocycles. The molecule has 0 saturated carbocycles. The predicted molar refractivity (Wildman–Crippen MR) is 126 cm³/mol. The Balaban J connectivity index is 1.66. The van der Waals surface area contributed by atoms with Gasteiger partial charge in [-0.3, -0.25) is 9.05 Å². The van der Waals surface area contributed by atoms with E-state index in [1.807, 2.05) is 60.7 Å². The summed E-state index contributed by atoms with van der Waals surface area (Å²) in [6.45, 7) is 5.31. The molecule has 180 valence electrons. The molecule has 2 aromatic carbocycles. The fourth-order valence-electron chi connectivity index (χ4n) is 3.66. The number of hydrogen-bond acceptors (Lipinski definition) is 6. The molecular weight excluding hydrogens is 443 g/mol. The number of likely N-dealkylation sites (tertiary alicyclic amines) is 1. The first kappa shape index (κ1) is 25.4. The molecule has 1 N–H and O–H groups in total. The maximum Gasteiger partial charge on any atom is 0.410 e. The van der Waals surface area contributed by atoms with Gasteiger partial charge in [-0.1, -0.05) is 60.7 Å². The summed E-state index contributed by atoms with van der Waals surface area (Å²) >= 11 is 0. The molecule has 0 radical (unpaired) electrons. The number of piperidine rings is 1. The van der Waals surface area contributed by atoms with E-state index in [1.165, 1.54) is 0 Å². The molecule has 2 aromatic rings. The van der Waals surface area contributed by atoms with Crippen molar-refractivity contribution in [1.29, 1.82) is 0 Å². The van der Waals surface area contributed by atoms with E-state index in [2.05, 4.69) is 5.09 Å². The van der Waals surface area contributed by atoms with Crippen molar-refractivity contribution in [1.82, 2.24) is 9.99 Å². The lowest BCUT2D eigenvalue weighted by Crippen LogP contribution is -2.55. The molecule has 0 spiro atoms. The Morgan fingerprint density at radius 2 is 1.55 bits per heavy atom. The van der Waals surface area contributed by atoms with Gasteiger partial charge in [0.1, 0.15) is 6.61 Å². The fourth-order valence-corrected chi connectivity index (χ4v) is 5.22. The van der Waals surface area contributed by atoms with E-state index >= 15 is 0 Å². The predicted octanol–water partition coefficient (Wildman–Crippen LogP) is 4.75. The normalized spacial score (nSPS) is 18.8. The first-order chi connectivity index (χ1) is 16.0. The van der Waals surface area contributed by atoms with Gasteiger partial charge in [0.05, 0.1) is 32.0 Å². The fraction of sp³-hybridized carbons (Fsp3) is 0.458. The topological polar surface area (TPSA) is 86.3 Å². The standard InChI is InChI=1S/C24H33N2O6P/c1-3-31-33(28,32-4-2)25-22-17-26(24(27)30-19-21-13-9-6-10-14-21)16-15-23(22)29-18-20-11-7-5-8-12-20/h5-14,22-23H,3-4,15-19H2,1-2H3,(H,25,28)/t22-,23-/m1/s1. The number of carbonyl (C=O) groups excluding carboxylic acids is 1. The first-order valence-electron chi connectivity index (χ1n) is 11.3. The highest BCUT2D eigenvalue weighted by molar-refractivity contribution is 7.51. The van der Waals surface area contributed by atoms with Crippen LogP contribution in [0.1, 0.15) is 31.4 Å². The van der Waals surface area contributed by atoms with Crippen LogP contribution in [0.5, 0.6) is 0 Å². The summed E-state index contributed by atoms with van der Waals surface area (Å²) in [7, 11) is -3.55. The zero-order valence-electron chi connectivity index (χ0n) is 19.2. The van der Waals surface area contributed by atoms with E-state index in [4.69, 9.17) is 18.5 Å². The van der Waals surface area contributed by atoms with Gasteiger partial charge in [0.2, 0.25) is 0 Å². The van der Waals surface area contributed by atoms with Crippen LogP contribution >= 0.6 is 7.75 Å². The minimum atomic E-state index is -3.55. The van der Waals surface area contributed by atoms with Crippen LogP contribution in [0.2, 0.25) is 0 Å². The maximum atomic E-state index is 13.1. The van der Waals surface area contributed by atoms with Crippen LogP contribution < -0.4 is 5.09 Å². The molecule has 9 heteroatoms. The van der Waals surface area contributed by atoms with E-state index in [0.29, 0.717) is 19.6 Å². The van der Waals surface area contributed by atoms with Gasteiger partial charge in [-0.15, -0.1) is 0 Å². The molecule has 0 unspecified atom stereocenters. The van der Waals surface area contributed by atoms with Gasteiger partial charge < -0.3 is 14.4 Å². The van der Waals surface area contributed by atoms with E-state index in [-0.39, 0.29) is 32.5 Å². The zero-order chi connectivity index (χ0) is 23.5. The molecule has 1 aliphatic rings. The van der Waals surface area contributed by atoms with Crippen LogP contribution in [-0.2, 0) is 36.3 Å². The number of nitrogens with zero attached hydrogens (tertiary/aromatic N) is 1. The van der Waals surface area contributed by atoms with Crippen LogP contribution in [0.25, 0.3) is 0 Å². The molecule has 1 amide bonds. The van der Waals surface area contributed by atoms with Gasteiger partial charge in [0, 0.05) is 13.1 Å². The molecule has 33 heavy (non-hydrogen) atoms. The van der Waals surface area contributed by atoms with Crippen LogP contribution in [0, 0.1) is 0 Å². The maximum absolute atomic E-state index is 13.1.